The number of ether oxygens (including phenoxy) is 1. The van der Waals surface area contributed by atoms with E-state index < -0.39 is 0 Å². The van der Waals surface area contributed by atoms with Crippen LogP contribution in [0.1, 0.15) is 42.6 Å². The van der Waals surface area contributed by atoms with Crippen LogP contribution >= 0.6 is 0 Å². The van der Waals surface area contributed by atoms with Crippen LogP contribution in [0.2, 0.25) is 0 Å². The SMILES string of the molecule is COc1ccc([C@H](C)NC(C)c2cccc(C#N)c2)cc1. The Kier molecular flexibility index (Phi) is 4.97. The van der Waals surface area contributed by atoms with Gasteiger partial charge in [0.2, 0.25) is 0 Å². The minimum Gasteiger partial charge on any atom is -0.497 e. The second kappa shape index (κ2) is 6.92. The number of nitrogens with one attached hydrogen (secondary N) is 1. The molecule has 0 saturated heterocycles. The number of nitriles is 1. The van der Waals surface area contributed by atoms with Crippen molar-refractivity contribution < 1.29 is 4.74 Å². The molecule has 2 rings (SSSR count). The van der Waals surface area contributed by atoms with Gasteiger partial charge in [-0.2, -0.15) is 5.26 Å². The summed E-state index contributed by atoms with van der Waals surface area (Å²) in [4.78, 5) is 0. The molecule has 2 aromatic carbocycles. The topological polar surface area (TPSA) is 45.0 Å². The zero-order valence-corrected chi connectivity index (χ0v) is 12.6. The third-order valence-corrected chi connectivity index (χ3v) is 3.63. The van der Waals surface area contributed by atoms with Gasteiger partial charge in [-0.3, -0.25) is 0 Å². The van der Waals surface area contributed by atoms with Gasteiger partial charge in [-0.15, -0.1) is 0 Å². The van der Waals surface area contributed by atoms with E-state index >= 15 is 0 Å². The Hall–Kier alpha value is -2.31. The lowest BCUT2D eigenvalue weighted by atomic mass is 10.0. The van der Waals surface area contributed by atoms with E-state index in [0.717, 1.165) is 11.3 Å². The molecule has 1 unspecified atom stereocenters. The fourth-order valence-electron chi connectivity index (χ4n) is 2.34. The molecule has 0 aliphatic rings. The first-order valence-electron chi connectivity index (χ1n) is 7.04. The Morgan fingerprint density at radius 3 is 2.29 bits per heavy atom. The van der Waals surface area contributed by atoms with E-state index in [-0.39, 0.29) is 12.1 Å². The summed E-state index contributed by atoms with van der Waals surface area (Å²) >= 11 is 0. The van der Waals surface area contributed by atoms with Gasteiger partial charge in [-0.05, 0) is 49.2 Å². The van der Waals surface area contributed by atoms with Crippen LogP contribution in [0.25, 0.3) is 0 Å². The quantitative estimate of drug-likeness (QED) is 0.901. The molecule has 0 heterocycles. The van der Waals surface area contributed by atoms with E-state index in [9.17, 15) is 0 Å². The Labute approximate surface area is 126 Å². The smallest absolute Gasteiger partial charge is 0.118 e. The standard InChI is InChI=1S/C18H20N2O/c1-13(16-7-9-18(21-3)10-8-16)20-14(2)17-6-4-5-15(11-17)12-19/h4-11,13-14,20H,1-3H3/t13-,14?/m0/s1. The molecule has 3 nitrogen and oxygen atoms in total. The predicted molar refractivity (Wildman–Crippen MR) is 84.1 cm³/mol. The van der Waals surface area contributed by atoms with Gasteiger partial charge in [-0.25, -0.2) is 0 Å². The molecule has 0 saturated carbocycles. The molecule has 0 aromatic heterocycles. The predicted octanol–water partition coefficient (Wildman–Crippen LogP) is 3.98. The molecule has 0 aliphatic heterocycles. The number of rotatable bonds is 5. The van der Waals surface area contributed by atoms with E-state index in [1.54, 1.807) is 7.11 Å². The third kappa shape index (κ3) is 3.84. The van der Waals surface area contributed by atoms with Gasteiger partial charge in [0.1, 0.15) is 5.75 Å². The Morgan fingerprint density at radius 1 is 1.00 bits per heavy atom. The van der Waals surface area contributed by atoms with Crippen LogP contribution in [0.5, 0.6) is 5.75 Å². The third-order valence-electron chi connectivity index (χ3n) is 3.63. The summed E-state index contributed by atoms with van der Waals surface area (Å²) in [5.74, 6) is 0.862. The summed E-state index contributed by atoms with van der Waals surface area (Å²) in [6, 6.07) is 18.3. The summed E-state index contributed by atoms with van der Waals surface area (Å²) in [6.07, 6.45) is 0. The van der Waals surface area contributed by atoms with Gasteiger partial charge in [0, 0.05) is 12.1 Å². The average molecular weight is 280 g/mol. The molecule has 108 valence electrons. The lowest BCUT2D eigenvalue weighted by molar-refractivity contribution is 0.414. The molecule has 1 N–H and O–H groups in total. The average Bonchev–Trinajstić information content (AvgIpc) is 2.54. The fraction of sp³-hybridized carbons (Fsp3) is 0.278. The first-order valence-corrected chi connectivity index (χ1v) is 7.04. The number of nitrogens with zero attached hydrogens (tertiary/aromatic N) is 1. The minimum absolute atomic E-state index is 0.176. The number of hydrogen-bond acceptors (Lipinski definition) is 3. The highest BCUT2D eigenvalue weighted by Crippen LogP contribution is 2.21. The van der Waals surface area contributed by atoms with Crippen molar-refractivity contribution in [1.29, 1.82) is 5.26 Å². The van der Waals surface area contributed by atoms with Crippen LogP contribution in [0.3, 0.4) is 0 Å². The highest BCUT2D eigenvalue weighted by atomic mass is 16.5. The first-order chi connectivity index (χ1) is 10.1. The van der Waals surface area contributed by atoms with Crippen molar-refractivity contribution >= 4 is 0 Å². The van der Waals surface area contributed by atoms with Crippen molar-refractivity contribution in [2.75, 3.05) is 7.11 Å². The number of methoxy groups -OCH3 is 1. The molecule has 2 aromatic rings. The van der Waals surface area contributed by atoms with Crippen molar-refractivity contribution in [3.8, 4) is 11.8 Å². The Bertz CT molecular complexity index is 628. The molecule has 0 fully saturated rings. The number of hydrogen-bond donors (Lipinski definition) is 1. The van der Waals surface area contributed by atoms with E-state index in [2.05, 4.69) is 37.4 Å². The van der Waals surface area contributed by atoms with Gasteiger partial charge in [-0.1, -0.05) is 24.3 Å². The lowest BCUT2D eigenvalue weighted by Crippen LogP contribution is -2.22. The normalized spacial score (nSPS) is 13.2. The minimum atomic E-state index is 0.176. The summed E-state index contributed by atoms with van der Waals surface area (Å²) in [5, 5.41) is 12.5. The van der Waals surface area contributed by atoms with Crippen LogP contribution in [-0.2, 0) is 0 Å². The second-order valence-electron chi connectivity index (χ2n) is 5.12. The molecule has 3 heteroatoms. The molecular formula is C18H20N2O. The van der Waals surface area contributed by atoms with Crippen LogP contribution in [0, 0.1) is 11.3 Å². The van der Waals surface area contributed by atoms with E-state index in [4.69, 9.17) is 10.00 Å². The van der Waals surface area contributed by atoms with E-state index in [1.165, 1.54) is 5.56 Å². The number of benzene rings is 2. The molecule has 0 bridgehead atoms. The summed E-state index contributed by atoms with van der Waals surface area (Å²) in [7, 11) is 1.67. The maximum absolute atomic E-state index is 8.97. The van der Waals surface area contributed by atoms with E-state index in [1.807, 2.05) is 36.4 Å². The van der Waals surface area contributed by atoms with Crippen LogP contribution in [0.15, 0.2) is 48.5 Å². The molecular weight excluding hydrogens is 260 g/mol. The summed E-state index contributed by atoms with van der Waals surface area (Å²) in [5.41, 5.74) is 3.02. The highest BCUT2D eigenvalue weighted by molar-refractivity contribution is 5.34. The van der Waals surface area contributed by atoms with Crippen molar-refractivity contribution in [3.63, 3.8) is 0 Å². The monoisotopic (exact) mass is 280 g/mol. The van der Waals surface area contributed by atoms with Crippen LogP contribution < -0.4 is 10.1 Å². The summed E-state index contributed by atoms with van der Waals surface area (Å²) < 4.78 is 5.17. The highest BCUT2D eigenvalue weighted by Gasteiger charge is 2.11. The van der Waals surface area contributed by atoms with Crippen LogP contribution in [0.4, 0.5) is 0 Å². The van der Waals surface area contributed by atoms with Crippen LogP contribution in [-0.4, -0.2) is 7.11 Å². The molecule has 0 radical (unpaired) electrons. The van der Waals surface area contributed by atoms with Gasteiger partial charge < -0.3 is 10.1 Å². The lowest BCUT2D eigenvalue weighted by Gasteiger charge is -2.21. The zero-order valence-electron chi connectivity index (χ0n) is 12.6. The Balaban J connectivity index is 2.07. The van der Waals surface area contributed by atoms with Crippen molar-refractivity contribution in [1.82, 2.24) is 5.32 Å². The largest absolute Gasteiger partial charge is 0.497 e. The molecule has 0 aliphatic carbocycles. The molecule has 2 atom stereocenters. The fourth-order valence-corrected chi connectivity index (χ4v) is 2.34. The molecule has 21 heavy (non-hydrogen) atoms. The van der Waals surface area contributed by atoms with Gasteiger partial charge in [0.05, 0.1) is 18.7 Å². The van der Waals surface area contributed by atoms with Crippen molar-refractivity contribution in [3.05, 3.63) is 65.2 Å². The maximum Gasteiger partial charge on any atom is 0.118 e. The van der Waals surface area contributed by atoms with Gasteiger partial charge in [0.15, 0.2) is 0 Å². The molecule has 0 spiro atoms. The maximum atomic E-state index is 8.97. The zero-order chi connectivity index (χ0) is 15.2. The first kappa shape index (κ1) is 15.1. The Morgan fingerprint density at radius 2 is 1.67 bits per heavy atom. The van der Waals surface area contributed by atoms with Crippen molar-refractivity contribution in [2.45, 2.75) is 25.9 Å². The second-order valence-corrected chi connectivity index (χ2v) is 5.12. The van der Waals surface area contributed by atoms with Crippen molar-refractivity contribution in [2.24, 2.45) is 0 Å². The van der Waals surface area contributed by atoms with E-state index in [0.29, 0.717) is 5.56 Å². The molecule has 0 amide bonds. The van der Waals surface area contributed by atoms with Gasteiger partial charge >= 0.3 is 0 Å². The summed E-state index contributed by atoms with van der Waals surface area (Å²) in [6.45, 7) is 4.24. The van der Waals surface area contributed by atoms with Gasteiger partial charge in [0.25, 0.3) is 0 Å².